The van der Waals surface area contributed by atoms with Crippen molar-refractivity contribution in [2.24, 2.45) is 0 Å². The molecule has 0 aliphatic heterocycles. The Morgan fingerprint density at radius 1 is 1.12 bits per heavy atom. The van der Waals surface area contributed by atoms with Crippen molar-refractivity contribution >= 4 is 29.1 Å². The second kappa shape index (κ2) is 8.40. The third-order valence-corrected chi connectivity index (χ3v) is 3.81. The maximum Gasteiger partial charge on any atom is 0.274 e. The van der Waals surface area contributed by atoms with Crippen LogP contribution in [0, 0.1) is 5.82 Å². The van der Waals surface area contributed by atoms with Crippen molar-refractivity contribution in [1.82, 2.24) is 9.97 Å². The van der Waals surface area contributed by atoms with Crippen molar-refractivity contribution < 1.29 is 9.18 Å². The zero-order valence-corrected chi connectivity index (χ0v) is 14.5. The first kappa shape index (κ1) is 17.8. The number of rotatable bonds is 6. The fourth-order valence-corrected chi connectivity index (χ4v) is 2.52. The Hall–Kier alpha value is -2.99. The number of benzene rings is 2. The molecule has 5 nitrogen and oxygen atoms in total. The highest BCUT2D eigenvalue weighted by atomic mass is 35.5. The Morgan fingerprint density at radius 2 is 1.92 bits per heavy atom. The first-order chi connectivity index (χ1) is 12.6. The van der Waals surface area contributed by atoms with Crippen LogP contribution in [0.25, 0.3) is 0 Å². The van der Waals surface area contributed by atoms with Gasteiger partial charge in [0.1, 0.15) is 11.5 Å². The molecule has 132 valence electrons. The Morgan fingerprint density at radius 3 is 2.69 bits per heavy atom. The van der Waals surface area contributed by atoms with Gasteiger partial charge in [0.2, 0.25) is 5.95 Å². The number of hydrogen-bond acceptors (Lipinski definition) is 4. The molecule has 0 unspecified atom stereocenters. The van der Waals surface area contributed by atoms with Crippen LogP contribution in [-0.2, 0) is 6.42 Å². The van der Waals surface area contributed by atoms with Crippen LogP contribution in [0.4, 0.5) is 16.0 Å². The summed E-state index contributed by atoms with van der Waals surface area (Å²) < 4.78 is 12.9. The summed E-state index contributed by atoms with van der Waals surface area (Å²) in [6.45, 7) is 0.601. The minimum atomic E-state index is -0.392. The van der Waals surface area contributed by atoms with Gasteiger partial charge in [0.25, 0.3) is 5.91 Å². The minimum Gasteiger partial charge on any atom is -0.354 e. The van der Waals surface area contributed by atoms with E-state index in [0.717, 1.165) is 12.0 Å². The molecule has 3 rings (SSSR count). The van der Waals surface area contributed by atoms with Gasteiger partial charge in [0.05, 0.1) is 0 Å². The molecule has 1 aromatic heterocycles. The Labute approximate surface area is 155 Å². The lowest BCUT2D eigenvalue weighted by atomic mass is 10.1. The standard InChI is InChI=1S/C19H16ClFN4O/c20-14-3-1-2-13(12-14)8-10-22-19-23-11-9-17(25-19)18(26)24-16-6-4-15(21)5-7-16/h1-7,9,11-12H,8,10H2,(H,24,26)(H,22,23,25). The largest absolute Gasteiger partial charge is 0.354 e. The number of carbonyl (C=O) groups excluding carboxylic acids is 1. The third-order valence-electron chi connectivity index (χ3n) is 3.58. The van der Waals surface area contributed by atoms with E-state index in [1.165, 1.54) is 36.5 Å². The lowest BCUT2D eigenvalue weighted by molar-refractivity contribution is 0.102. The number of halogens is 2. The molecular formula is C19H16ClFN4O. The van der Waals surface area contributed by atoms with Crippen molar-refractivity contribution in [3.05, 3.63) is 82.9 Å². The van der Waals surface area contributed by atoms with E-state index in [1.54, 1.807) is 0 Å². The SMILES string of the molecule is O=C(Nc1ccc(F)cc1)c1ccnc(NCCc2cccc(Cl)c2)n1. The van der Waals surface area contributed by atoms with E-state index in [2.05, 4.69) is 20.6 Å². The predicted octanol–water partition coefficient (Wildman–Crippen LogP) is 4.18. The van der Waals surface area contributed by atoms with E-state index in [1.807, 2.05) is 24.3 Å². The van der Waals surface area contributed by atoms with Gasteiger partial charge in [0.15, 0.2) is 0 Å². The molecule has 0 bridgehead atoms. The van der Waals surface area contributed by atoms with Crippen molar-refractivity contribution in [1.29, 1.82) is 0 Å². The number of amides is 1. The van der Waals surface area contributed by atoms with Crippen LogP contribution in [-0.4, -0.2) is 22.4 Å². The lowest BCUT2D eigenvalue weighted by Crippen LogP contribution is -2.16. The van der Waals surface area contributed by atoms with E-state index in [-0.39, 0.29) is 11.5 Å². The van der Waals surface area contributed by atoms with Gasteiger partial charge in [-0.15, -0.1) is 0 Å². The molecule has 0 saturated heterocycles. The maximum atomic E-state index is 12.9. The number of carbonyl (C=O) groups is 1. The average molecular weight is 371 g/mol. The number of anilines is 2. The number of nitrogens with one attached hydrogen (secondary N) is 2. The summed E-state index contributed by atoms with van der Waals surface area (Å²) in [6.07, 6.45) is 2.25. The summed E-state index contributed by atoms with van der Waals surface area (Å²) in [4.78, 5) is 20.6. The molecule has 0 saturated carbocycles. The van der Waals surface area contributed by atoms with Gasteiger partial charge in [-0.25, -0.2) is 14.4 Å². The minimum absolute atomic E-state index is 0.217. The summed E-state index contributed by atoms with van der Waals surface area (Å²) in [5.74, 6) is -0.396. The van der Waals surface area contributed by atoms with Crippen LogP contribution in [0.2, 0.25) is 5.02 Å². The quantitative estimate of drug-likeness (QED) is 0.683. The molecule has 2 N–H and O–H groups in total. The van der Waals surface area contributed by atoms with Gasteiger partial charge in [-0.3, -0.25) is 4.79 Å². The van der Waals surface area contributed by atoms with Gasteiger partial charge in [-0.1, -0.05) is 23.7 Å². The van der Waals surface area contributed by atoms with Gasteiger partial charge in [-0.05, 0) is 54.4 Å². The Balaban J connectivity index is 1.58. The van der Waals surface area contributed by atoms with Gasteiger partial charge >= 0.3 is 0 Å². The van der Waals surface area contributed by atoms with E-state index in [0.29, 0.717) is 23.2 Å². The van der Waals surface area contributed by atoms with E-state index >= 15 is 0 Å². The van der Waals surface area contributed by atoms with Crippen molar-refractivity contribution in [3.63, 3.8) is 0 Å². The average Bonchev–Trinajstić information content (AvgIpc) is 2.64. The molecule has 0 aliphatic rings. The summed E-state index contributed by atoms with van der Waals surface area (Å²) >= 11 is 5.96. The fraction of sp³-hybridized carbons (Fsp3) is 0.105. The number of hydrogen-bond donors (Lipinski definition) is 2. The molecule has 0 radical (unpaired) electrons. The zero-order valence-electron chi connectivity index (χ0n) is 13.7. The monoisotopic (exact) mass is 370 g/mol. The molecule has 1 amide bonds. The molecule has 7 heteroatoms. The summed E-state index contributed by atoms with van der Waals surface area (Å²) in [6, 6.07) is 14.6. The fourth-order valence-electron chi connectivity index (χ4n) is 2.31. The maximum absolute atomic E-state index is 12.9. The lowest BCUT2D eigenvalue weighted by Gasteiger charge is -2.08. The summed E-state index contributed by atoms with van der Waals surface area (Å²) in [7, 11) is 0. The summed E-state index contributed by atoms with van der Waals surface area (Å²) in [5, 5.41) is 6.44. The van der Waals surface area contributed by atoms with E-state index < -0.39 is 5.91 Å². The molecule has 1 heterocycles. The Kier molecular flexibility index (Phi) is 5.76. The highest BCUT2D eigenvalue weighted by Crippen LogP contribution is 2.12. The van der Waals surface area contributed by atoms with Gasteiger partial charge in [0, 0.05) is 23.5 Å². The molecule has 3 aromatic rings. The van der Waals surface area contributed by atoms with Crippen LogP contribution in [0.1, 0.15) is 16.1 Å². The topological polar surface area (TPSA) is 66.9 Å². The second-order valence-corrected chi connectivity index (χ2v) is 5.97. The smallest absolute Gasteiger partial charge is 0.274 e. The molecule has 26 heavy (non-hydrogen) atoms. The zero-order chi connectivity index (χ0) is 18.4. The van der Waals surface area contributed by atoms with Gasteiger partial charge < -0.3 is 10.6 Å². The molecule has 0 aliphatic carbocycles. The Bertz CT molecular complexity index is 902. The first-order valence-electron chi connectivity index (χ1n) is 7.98. The van der Waals surface area contributed by atoms with Crippen LogP contribution >= 0.6 is 11.6 Å². The molecular weight excluding hydrogens is 355 g/mol. The highest BCUT2D eigenvalue weighted by Gasteiger charge is 2.09. The normalized spacial score (nSPS) is 10.4. The molecule has 0 spiro atoms. The molecule has 2 aromatic carbocycles. The van der Waals surface area contributed by atoms with Crippen LogP contribution < -0.4 is 10.6 Å². The summed E-state index contributed by atoms with van der Waals surface area (Å²) in [5.41, 5.74) is 1.80. The van der Waals surface area contributed by atoms with Gasteiger partial charge in [-0.2, -0.15) is 0 Å². The highest BCUT2D eigenvalue weighted by molar-refractivity contribution is 6.30. The predicted molar refractivity (Wildman–Crippen MR) is 100 cm³/mol. The van der Waals surface area contributed by atoms with Crippen molar-refractivity contribution in [2.75, 3.05) is 17.2 Å². The second-order valence-electron chi connectivity index (χ2n) is 5.53. The molecule has 0 atom stereocenters. The van der Waals surface area contributed by atoms with Crippen molar-refractivity contribution in [2.45, 2.75) is 6.42 Å². The van der Waals surface area contributed by atoms with E-state index in [4.69, 9.17) is 11.6 Å². The third kappa shape index (κ3) is 5.00. The first-order valence-corrected chi connectivity index (χ1v) is 8.36. The number of nitrogens with zero attached hydrogens (tertiary/aromatic N) is 2. The number of aromatic nitrogens is 2. The van der Waals surface area contributed by atoms with Crippen molar-refractivity contribution in [3.8, 4) is 0 Å². The van der Waals surface area contributed by atoms with Crippen LogP contribution in [0.15, 0.2) is 60.8 Å². The molecule has 0 fully saturated rings. The van der Waals surface area contributed by atoms with Crippen LogP contribution in [0.3, 0.4) is 0 Å². The van der Waals surface area contributed by atoms with E-state index in [9.17, 15) is 9.18 Å². The van der Waals surface area contributed by atoms with Crippen LogP contribution in [0.5, 0.6) is 0 Å².